The number of aromatic nitrogens is 2. The highest BCUT2D eigenvalue weighted by Gasteiger charge is 2.29. The van der Waals surface area contributed by atoms with Crippen molar-refractivity contribution in [2.75, 3.05) is 51.3 Å². The maximum atomic E-state index is 11.9. The molecule has 0 unspecified atom stereocenters. The van der Waals surface area contributed by atoms with Crippen molar-refractivity contribution in [3.63, 3.8) is 0 Å². The van der Waals surface area contributed by atoms with Crippen LogP contribution in [0.25, 0.3) is 0 Å². The fourth-order valence-corrected chi connectivity index (χ4v) is 4.32. The monoisotopic (exact) mass is 398 g/mol. The molecule has 1 aromatic rings. The van der Waals surface area contributed by atoms with Crippen molar-refractivity contribution >= 4 is 11.7 Å². The topological polar surface area (TPSA) is 65.0 Å². The fourth-order valence-electron chi connectivity index (χ4n) is 4.32. The average molecular weight is 399 g/mol. The van der Waals surface area contributed by atoms with Crippen LogP contribution < -0.4 is 9.64 Å². The van der Waals surface area contributed by atoms with Crippen molar-refractivity contribution in [2.24, 2.45) is 0 Å². The summed E-state index contributed by atoms with van der Waals surface area (Å²) in [7, 11) is 2.14. The second-order valence-corrected chi connectivity index (χ2v) is 7.95. The molecule has 2 saturated heterocycles. The standard InChI is InChI=1S/C21H30N6O2/c1-4-19(28)26-9-11-27(12-10-26)20-17-13-25(5-2)14-18(17)22-21(23-20)29-15-16-7-6-8-24(16)3/h4-5,16H,1-2,6-15H2,3H3/t16-/m0/s1. The fraction of sp³-hybridized carbons (Fsp3) is 0.571. The number of ether oxygens (including phenoxy) is 1. The Kier molecular flexibility index (Phi) is 5.71. The van der Waals surface area contributed by atoms with E-state index in [-0.39, 0.29) is 5.91 Å². The Morgan fingerprint density at radius 2 is 1.97 bits per heavy atom. The van der Waals surface area contributed by atoms with Crippen molar-refractivity contribution in [1.82, 2.24) is 24.7 Å². The number of piperazine rings is 1. The molecular formula is C21H30N6O2. The summed E-state index contributed by atoms with van der Waals surface area (Å²) in [5, 5.41) is 0. The quantitative estimate of drug-likeness (QED) is 0.668. The number of anilines is 1. The minimum atomic E-state index is -0.0138. The normalized spacial score (nSPS) is 22.0. The van der Waals surface area contributed by atoms with Crippen molar-refractivity contribution in [3.8, 4) is 6.01 Å². The number of likely N-dealkylation sites (N-methyl/N-ethyl adjacent to an activating group) is 1. The van der Waals surface area contributed by atoms with Gasteiger partial charge in [-0.1, -0.05) is 13.2 Å². The van der Waals surface area contributed by atoms with Gasteiger partial charge in [0.05, 0.1) is 12.2 Å². The third kappa shape index (κ3) is 4.07. The minimum Gasteiger partial charge on any atom is -0.462 e. The Hall–Kier alpha value is -2.61. The van der Waals surface area contributed by atoms with Gasteiger partial charge in [0.1, 0.15) is 12.4 Å². The molecule has 1 atom stereocenters. The molecule has 0 saturated carbocycles. The summed E-state index contributed by atoms with van der Waals surface area (Å²) < 4.78 is 6.05. The summed E-state index contributed by atoms with van der Waals surface area (Å²) in [6, 6.07) is 0.878. The Morgan fingerprint density at radius 3 is 2.62 bits per heavy atom. The highest BCUT2D eigenvalue weighted by molar-refractivity contribution is 5.87. The summed E-state index contributed by atoms with van der Waals surface area (Å²) in [6.07, 6.45) is 5.59. The van der Waals surface area contributed by atoms with Crippen molar-refractivity contribution in [1.29, 1.82) is 0 Å². The number of carbonyl (C=O) groups excluding carboxylic acids is 1. The molecule has 0 spiro atoms. The average Bonchev–Trinajstić information content (AvgIpc) is 3.36. The predicted molar refractivity (Wildman–Crippen MR) is 112 cm³/mol. The molecule has 4 heterocycles. The van der Waals surface area contributed by atoms with Gasteiger partial charge in [0.2, 0.25) is 5.91 Å². The van der Waals surface area contributed by atoms with Crippen LogP contribution >= 0.6 is 0 Å². The van der Waals surface area contributed by atoms with E-state index in [1.165, 1.54) is 12.5 Å². The van der Waals surface area contributed by atoms with Crippen LogP contribution in [0.2, 0.25) is 0 Å². The van der Waals surface area contributed by atoms with E-state index in [1.54, 1.807) is 0 Å². The summed E-state index contributed by atoms with van der Waals surface area (Å²) in [6.45, 7) is 13.5. The number of hydrogen-bond acceptors (Lipinski definition) is 7. The molecule has 3 aliphatic rings. The first-order valence-corrected chi connectivity index (χ1v) is 10.3. The van der Waals surface area contributed by atoms with Gasteiger partial charge < -0.3 is 24.3 Å². The van der Waals surface area contributed by atoms with Gasteiger partial charge in [-0.05, 0) is 38.7 Å². The smallest absolute Gasteiger partial charge is 0.318 e. The van der Waals surface area contributed by atoms with Gasteiger partial charge in [-0.15, -0.1) is 0 Å². The van der Waals surface area contributed by atoms with Gasteiger partial charge in [-0.2, -0.15) is 9.97 Å². The molecule has 0 N–H and O–H groups in total. The van der Waals surface area contributed by atoms with Crippen molar-refractivity contribution in [2.45, 2.75) is 32.0 Å². The van der Waals surface area contributed by atoms with Gasteiger partial charge in [0.15, 0.2) is 0 Å². The molecule has 8 nitrogen and oxygen atoms in total. The lowest BCUT2D eigenvalue weighted by Crippen LogP contribution is -2.48. The lowest BCUT2D eigenvalue weighted by molar-refractivity contribution is -0.126. The van der Waals surface area contributed by atoms with E-state index in [0.29, 0.717) is 31.7 Å². The summed E-state index contributed by atoms with van der Waals surface area (Å²) >= 11 is 0. The molecule has 1 amide bonds. The Bertz CT molecular complexity index is 790. The number of nitrogens with zero attached hydrogens (tertiary/aromatic N) is 6. The van der Waals surface area contributed by atoms with E-state index in [9.17, 15) is 4.79 Å². The van der Waals surface area contributed by atoms with E-state index >= 15 is 0 Å². The SMILES string of the molecule is C=CC(=O)N1CCN(c2nc(OC[C@@H]3CCCN3C)nc3c2CN(C=C)C3)CC1. The minimum absolute atomic E-state index is 0.0138. The molecule has 1 aromatic heterocycles. The summed E-state index contributed by atoms with van der Waals surface area (Å²) in [5.41, 5.74) is 2.15. The number of hydrogen-bond donors (Lipinski definition) is 0. The number of amides is 1. The summed E-state index contributed by atoms with van der Waals surface area (Å²) in [5.74, 6) is 0.917. The van der Waals surface area contributed by atoms with Crippen molar-refractivity contribution < 1.29 is 9.53 Å². The first-order chi connectivity index (χ1) is 14.1. The lowest BCUT2D eigenvalue weighted by Gasteiger charge is -2.35. The maximum absolute atomic E-state index is 11.9. The molecular weight excluding hydrogens is 368 g/mol. The second-order valence-electron chi connectivity index (χ2n) is 7.95. The third-order valence-corrected chi connectivity index (χ3v) is 6.16. The van der Waals surface area contributed by atoms with Crippen LogP contribution in [0, 0.1) is 0 Å². The number of carbonyl (C=O) groups is 1. The molecule has 8 heteroatoms. The van der Waals surface area contributed by atoms with Crippen molar-refractivity contribution in [3.05, 3.63) is 36.7 Å². The molecule has 0 radical (unpaired) electrons. The Morgan fingerprint density at radius 1 is 1.17 bits per heavy atom. The lowest BCUT2D eigenvalue weighted by atomic mass is 10.2. The number of rotatable bonds is 6. The van der Waals surface area contributed by atoms with Crippen LogP contribution in [0.3, 0.4) is 0 Å². The molecule has 0 bridgehead atoms. The van der Waals surface area contributed by atoms with Crippen LogP contribution in [-0.4, -0.2) is 83.0 Å². The molecule has 0 aliphatic carbocycles. The van der Waals surface area contributed by atoms with Crippen LogP contribution in [0.15, 0.2) is 25.4 Å². The molecule has 4 rings (SSSR count). The van der Waals surface area contributed by atoms with Gasteiger partial charge in [-0.25, -0.2) is 0 Å². The first-order valence-electron chi connectivity index (χ1n) is 10.3. The molecule has 2 fully saturated rings. The largest absolute Gasteiger partial charge is 0.462 e. The number of fused-ring (bicyclic) bond motifs is 1. The first kappa shape index (κ1) is 19.7. The van der Waals surface area contributed by atoms with E-state index in [4.69, 9.17) is 14.7 Å². The van der Waals surface area contributed by atoms with Crippen LogP contribution in [-0.2, 0) is 17.9 Å². The highest BCUT2D eigenvalue weighted by atomic mass is 16.5. The zero-order valence-corrected chi connectivity index (χ0v) is 17.2. The Labute approximate surface area is 172 Å². The van der Waals surface area contributed by atoms with E-state index in [1.807, 2.05) is 11.1 Å². The molecule has 29 heavy (non-hydrogen) atoms. The van der Waals surface area contributed by atoms with Crippen LogP contribution in [0.1, 0.15) is 24.1 Å². The molecule has 3 aliphatic heterocycles. The zero-order chi connectivity index (χ0) is 20.4. The maximum Gasteiger partial charge on any atom is 0.318 e. The van der Waals surface area contributed by atoms with Gasteiger partial charge >= 0.3 is 6.01 Å². The third-order valence-electron chi connectivity index (χ3n) is 6.16. The molecule has 0 aromatic carbocycles. The van der Waals surface area contributed by atoms with Crippen LogP contribution in [0.5, 0.6) is 6.01 Å². The zero-order valence-electron chi connectivity index (χ0n) is 17.2. The highest BCUT2D eigenvalue weighted by Crippen LogP contribution is 2.32. The van der Waals surface area contributed by atoms with Crippen LogP contribution in [0.4, 0.5) is 5.82 Å². The molecule has 156 valence electrons. The van der Waals surface area contributed by atoms with E-state index in [0.717, 1.165) is 56.2 Å². The predicted octanol–water partition coefficient (Wildman–Crippen LogP) is 1.24. The second kappa shape index (κ2) is 8.41. The summed E-state index contributed by atoms with van der Waals surface area (Å²) in [4.78, 5) is 29.9. The van der Waals surface area contributed by atoms with E-state index in [2.05, 4.69) is 34.9 Å². The van der Waals surface area contributed by atoms with Gasteiger partial charge in [0.25, 0.3) is 0 Å². The van der Waals surface area contributed by atoms with Gasteiger partial charge in [-0.3, -0.25) is 4.79 Å². The number of likely N-dealkylation sites (tertiary alicyclic amines) is 1. The Balaban J connectivity index is 1.52. The van der Waals surface area contributed by atoms with E-state index < -0.39 is 0 Å². The van der Waals surface area contributed by atoms with Gasteiger partial charge in [0, 0.05) is 44.3 Å².